The van der Waals surface area contributed by atoms with Crippen LogP contribution in [0, 0.1) is 5.92 Å². The third-order valence-electron chi connectivity index (χ3n) is 8.10. The maximum Gasteiger partial charge on any atom is 0.404 e. The summed E-state index contributed by atoms with van der Waals surface area (Å²) >= 11 is 0. The smallest absolute Gasteiger partial charge is 0.404 e. The maximum absolute atomic E-state index is 13.6. The molecule has 39 heavy (non-hydrogen) atoms. The Balaban J connectivity index is 2.12. The molecule has 2 heterocycles. The lowest BCUT2D eigenvalue weighted by molar-refractivity contribution is -0.143. The molecule has 2 aliphatic heterocycles. The van der Waals surface area contributed by atoms with Gasteiger partial charge in [-0.25, -0.2) is 4.79 Å². The zero-order chi connectivity index (χ0) is 29.9. The summed E-state index contributed by atoms with van der Waals surface area (Å²) in [6.45, 7) is 13.9. The first kappa shape index (κ1) is 32.5. The average molecular weight is 572 g/mol. The molecule has 13 nitrogen and oxygen atoms in total. The Kier molecular flexibility index (Phi) is 10.5. The van der Waals surface area contributed by atoms with Gasteiger partial charge in [0, 0.05) is 19.6 Å². The third-order valence-corrected chi connectivity index (χ3v) is 12.6. The van der Waals surface area contributed by atoms with Gasteiger partial charge in [0.2, 0.25) is 17.7 Å². The monoisotopic (exact) mass is 571 g/mol. The molecule has 0 radical (unpaired) electrons. The lowest BCUT2D eigenvalue weighted by Gasteiger charge is -2.41. The molecular formula is C25H45N5O8Si. The quantitative estimate of drug-likeness (QED) is 0.230. The van der Waals surface area contributed by atoms with Crippen LogP contribution in [0.3, 0.4) is 0 Å². The van der Waals surface area contributed by atoms with Crippen LogP contribution in [0.4, 0.5) is 4.79 Å². The second-order valence-corrected chi connectivity index (χ2v) is 16.9. The molecule has 0 aromatic rings. The predicted octanol–water partition coefficient (Wildman–Crippen LogP) is 0.223. The van der Waals surface area contributed by atoms with E-state index in [1.807, 2.05) is 33.9 Å². The number of aliphatic hydroxyl groups excluding tert-OH is 1. The lowest BCUT2D eigenvalue weighted by atomic mass is 10.1. The summed E-state index contributed by atoms with van der Waals surface area (Å²) in [5, 5.41) is 23.8. The highest BCUT2D eigenvalue weighted by molar-refractivity contribution is 6.74. The van der Waals surface area contributed by atoms with Crippen molar-refractivity contribution in [3.05, 3.63) is 0 Å². The molecule has 2 fully saturated rings. The number of nitrogens with one attached hydrogen (secondary N) is 2. The van der Waals surface area contributed by atoms with E-state index in [9.17, 15) is 34.2 Å². The van der Waals surface area contributed by atoms with Gasteiger partial charge in [0.1, 0.15) is 12.1 Å². The number of carbonyl (C=O) groups is 5. The number of aliphatic hydroxyl groups is 1. The Hall–Kier alpha value is -2.71. The van der Waals surface area contributed by atoms with E-state index in [2.05, 4.69) is 10.6 Å². The van der Waals surface area contributed by atoms with Crippen LogP contribution in [0.1, 0.15) is 53.9 Å². The highest BCUT2D eigenvalue weighted by Crippen LogP contribution is 2.38. The van der Waals surface area contributed by atoms with Gasteiger partial charge in [-0.05, 0) is 51.2 Å². The molecule has 2 saturated heterocycles. The number of nitrogens with two attached hydrogens (primary N) is 1. The zero-order valence-electron chi connectivity index (χ0n) is 24.0. The molecule has 0 spiro atoms. The minimum Gasteiger partial charge on any atom is -0.465 e. The molecular weight excluding hydrogens is 526 g/mol. The highest BCUT2D eigenvalue weighted by Gasteiger charge is 2.46. The van der Waals surface area contributed by atoms with Gasteiger partial charge < -0.3 is 40.8 Å². The number of amides is 5. The fraction of sp³-hybridized carbons (Fsp3) is 0.800. The minimum atomic E-state index is -2.45. The Morgan fingerprint density at radius 1 is 1.03 bits per heavy atom. The van der Waals surface area contributed by atoms with Crippen LogP contribution in [0.2, 0.25) is 18.1 Å². The molecule has 6 atom stereocenters. The summed E-state index contributed by atoms with van der Waals surface area (Å²) in [6, 6.07) is -2.46. The van der Waals surface area contributed by atoms with E-state index in [0.29, 0.717) is 32.4 Å². The number of carbonyl (C=O) groups excluding carboxylic acids is 4. The molecule has 5 amide bonds. The molecule has 0 aromatic carbocycles. The van der Waals surface area contributed by atoms with Crippen molar-refractivity contribution in [1.82, 2.24) is 20.4 Å². The van der Waals surface area contributed by atoms with E-state index in [1.165, 1.54) is 16.7 Å². The third kappa shape index (κ3) is 7.91. The SMILES string of the molecule is C[C@H](NC(=O)[C@H]1CCCN1C(=O)[C@H]1CCN(C(=O)[C@H](O[Si](C)(C)C(C)(C)C)[C@H](C)NC(=O)O)C1)[C@@H](O)C(N)=O. The van der Waals surface area contributed by atoms with E-state index in [0.717, 1.165) is 0 Å². The van der Waals surface area contributed by atoms with Crippen molar-refractivity contribution in [2.24, 2.45) is 11.7 Å². The van der Waals surface area contributed by atoms with Crippen LogP contribution in [0.25, 0.3) is 0 Å². The van der Waals surface area contributed by atoms with Gasteiger partial charge in [-0.15, -0.1) is 0 Å². The van der Waals surface area contributed by atoms with Crippen molar-refractivity contribution in [2.75, 3.05) is 19.6 Å². The predicted molar refractivity (Wildman–Crippen MR) is 145 cm³/mol. The Bertz CT molecular complexity index is 955. The van der Waals surface area contributed by atoms with E-state index < -0.39 is 62.5 Å². The van der Waals surface area contributed by atoms with Crippen LogP contribution < -0.4 is 16.4 Å². The van der Waals surface area contributed by atoms with Gasteiger partial charge in [-0.1, -0.05) is 20.8 Å². The minimum absolute atomic E-state index is 0.135. The number of carboxylic acid groups (broad SMARTS) is 1. The normalized spacial score (nSPS) is 23.1. The lowest BCUT2D eigenvalue weighted by Crippen LogP contribution is -2.56. The zero-order valence-corrected chi connectivity index (χ0v) is 25.0. The molecule has 0 saturated carbocycles. The van der Waals surface area contributed by atoms with Crippen LogP contribution >= 0.6 is 0 Å². The van der Waals surface area contributed by atoms with Crippen molar-refractivity contribution < 1.29 is 38.6 Å². The molecule has 222 valence electrons. The number of hydrogen-bond acceptors (Lipinski definition) is 7. The second-order valence-electron chi connectivity index (χ2n) is 12.1. The van der Waals surface area contributed by atoms with Crippen molar-refractivity contribution in [2.45, 2.75) is 102 Å². The molecule has 0 aromatic heterocycles. The van der Waals surface area contributed by atoms with Gasteiger partial charge in [-0.2, -0.15) is 0 Å². The summed E-state index contributed by atoms with van der Waals surface area (Å²) in [5.41, 5.74) is 5.10. The van der Waals surface area contributed by atoms with Crippen molar-refractivity contribution in [3.8, 4) is 0 Å². The molecule has 2 aliphatic rings. The van der Waals surface area contributed by atoms with Gasteiger partial charge >= 0.3 is 6.09 Å². The number of rotatable bonds is 10. The van der Waals surface area contributed by atoms with Gasteiger partial charge in [-0.3, -0.25) is 19.2 Å². The summed E-state index contributed by atoms with van der Waals surface area (Å²) in [4.78, 5) is 65.5. The fourth-order valence-corrected chi connectivity index (χ4v) is 5.95. The average Bonchev–Trinajstić information content (AvgIpc) is 3.50. The summed E-state index contributed by atoms with van der Waals surface area (Å²) < 4.78 is 6.38. The highest BCUT2D eigenvalue weighted by atomic mass is 28.4. The first-order valence-electron chi connectivity index (χ1n) is 13.4. The van der Waals surface area contributed by atoms with Crippen molar-refractivity contribution >= 4 is 38.0 Å². The Morgan fingerprint density at radius 2 is 1.64 bits per heavy atom. The molecule has 2 rings (SSSR count). The van der Waals surface area contributed by atoms with Gasteiger partial charge in [0.15, 0.2) is 14.4 Å². The van der Waals surface area contributed by atoms with Gasteiger partial charge in [0.05, 0.1) is 18.0 Å². The number of likely N-dealkylation sites (tertiary alicyclic amines) is 2. The standard InChI is InChI=1S/C25H45N5O8Si/c1-14(18(31)20(26)32)27-21(33)17-9-8-11-30(17)22(34)16-10-12-29(13-16)23(35)19(15(2)28-24(36)37)38-39(6,7)25(3,4)5/h14-19,28,31H,8-13H2,1-7H3,(H2,26,32)(H,27,33)(H,36,37)/t14-,15-,16-,17+,18+,19+/m0/s1. The molecule has 0 unspecified atom stereocenters. The number of primary amides is 1. The van der Waals surface area contributed by atoms with Crippen LogP contribution in [-0.4, -0.2) is 108 Å². The second kappa shape index (κ2) is 12.6. The fourth-order valence-electron chi connectivity index (χ4n) is 4.66. The molecule has 0 bridgehead atoms. The number of hydrogen-bond donors (Lipinski definition) is 5. The first-order chi connectivity index (χ1) is 17.9. The Morgan fingerprint density at radius 3 is 2.18 bits per heavy atom. The van der Waals surface area contributed by atoms with E-state index in [1.54, 1.807) is 6.92 Å². The van der Waals surface area contributed by atoms with Crippen LogP contribution in [0.5, 0.6) is 0 Å². The van der Waals surface area contributed by atoms with Crippen LogP contribution in [0.15, 0.2) is 0 Å². The molecule has 6 N–H and O–H groups in total. The van der Waals surface area contributed by atoms with Crippen molar-refractivity contribution in [3.63, 3.8) is 0 Å². The summed E-state index contributed by atoms with van der Waals surface area (Å²) in [7, 11) is -2.45. The van der Waals surface area contributed by atoms with Crippen LogP contribution in [-0.2, 0) is 23.6 Å². The van der Waals surface area contributed by atoms with E-state index in [-0.39, 0.29) is 23.4 Å². The summed E-state index contributed by atoms with van der Waals surface area (Å²) in [6.07, 6.45) is -2.39. The maximum atomic E-state index is 13.6. The summed E-state index contributed by atoms with van der Waals surface area (Å²) in [5.74, 6) is -2.57. The molecule has 0 aliphatic carbocycles. The van der Waals surface area contributed by atoms with E-state index in [4.69, 9.17) is 10.2 Å². The first-order valence-corrected chi connectivity index (χ1v) is 16.3. The largest absolute Gasteiger partial charge is 0.465 e. The Labute approximate surface area is 230 Å². The van der Waals surface area contributed by atoms with Crippen molar-refractivity contribution in [1.29, 1.82) is 0 Å². The number of nitrogens with zero attached hydrogens (tertiary/aromatic N) is 2. The molecule has 14 heteroatoms. The topological polar surface area (TPSA) is 192 Å². The van der Waals surface area contributed by atoms with E-state index >= 15 is 0 Å². The van der Waals surface area contributed by atoms with Gasteiger partial charge in [0.25, 0.3) is 5.91 Å².